The molecule has 2 aromatic carbocycles. The summed E-state index contributed by atoms with van der Waals surface area (Å²) in [6.07, 6.45) is 4.02. The van der Waals surface area contributed by atoms with Crippen LogP contribution >= 0.6 is 0 Å². The number of rotatable bonds is 6. The van der Waals surface area contributed by atoms with E-state index in [2.05, 4.69) is 29.5 Å². The lowest BCUT2D eigenvalue weighted by Gasteiger charge is -2.31. The Morgan fingerprint density at radius 1 is 1.00 bits per heavy atom. The van der Waals surface area contributed by atoms with E-state index in [0.29, 0.717) is 37.5 Å². The number of carbonyl (C=O) groups is 2. The summed E-state index contributed by atoms with van der Waals surface area (Å²) in [4.78, 5) is 27.3. The first-order valence-corrected chi connectivity index (χ1v) is 11.2. The number of nitrogens with one attached hydrogen (secondary N) is 1. The molecular weight excluding hydrogens is 400 g/mol. The molecule has 0 aliphatic carbocycles. The topological polar surface area (TPSA) is 67.2 Å². The molecule has 1 aliphatic rings. The lowest BCUT2D eigenvalue weighted by atomic mass is 9.93. The van der Waals surface area contributed by atoms with Crippen LogP contribution in [-0.4, -0.2) is 39.6 Å². The van der Waals surface area contributed by atoms with Gasteiger partial charge < -0.3 is 10.2 Å². The largest absolute Gasteiger partial charge is 0.352 e. The molecule has 1 N–H and O–H groups in total. The number of hydrogen-bond donors (Lipinski definition) is 1. The van der Waals surface area contributed by atoms with Crippen LogP contribution in [0.3, 0.4) is 0 Å². The fraction of sp³-hybridized carbons (Fsp3) is 0.346. The van der Waals surface area contributed by atoms with E-state index in [1.807, 2.05) is 60.5 Å². The molecule has 0 bridgehead atoms. The van der Waals surface area contributed by atoms with Crippen molar-refractivity contribution in [1.29, 1.82) is 0 Å². The maximum atomic E-state index is 13.1. The van der Waals surface area contributed by atoms with Gasteiger partial charge in [0.05, 0.1) is 16.9 Å². The Balaban J connectivity index is 1.27. The van der Waals surface area contributed by atoms with E-state index in [4.69, 9.17) is 0 Å². The standard InChI is InChI=1S/C26H30N4O2/c1-19-8-10-22(11-9-19)17-27-25(31)16-21-12-14-29(15-13-21)26(32)24-18-30(28-20(24)2)23-6-4-3-5-7-23/h3-11,18,21H,12-17H2,1-2H3,(H,27,31). The molecule has 1 aliphatic heterocycles. The van der Waals surface area contributed by atoms with Crippen LogP contribution in [0.5, 0.6) is 0 Å². The summed E-state index contributed by atoms with van der Waals surface area (Å²) < 4.78 is 1.76. The minimum absolute atomic E-state index is 0.0203. The van der Waals surface area contributed by atoms with Gasteiger partial charge in [0.2, 0.25) is 5.91 Å². The first kappa shape index (κ1) is 21.8. The molecule has 4 rings (SSSR count). The summed E-state index contributed by atoms with van der Waals surface area (Å²) in [5.41, 5.74) is 4.63. The molecule has 6 nitrogen and oxygen atoms in total. The summed E-state index contributed by atoms with van der Waals surface area (Å²) >= 11 is 0. The predicted molar refractivity (Wildman–Crippen MR) is 125 cm³/mol. The molecule has 0 radical (unpaired) electrons. The molecule has 2 heterocycles. The number of hydrogen-bond acceptors (Lipinski definition) is 3. The van der Waals surface area contributed by atoms with Gasteiger partial charge in [-0.2, -0.15) is 5.10 Å². The van der Waals surface area contributed by atoms with Crippen molar-refractivity contribution in [2.24, 2.45) is 5.92 Å². The molecule has 0 unspecified atom stereocenters. The number of nitrogens with zero attached hydrogens (tertiary/aromatic N) is 3. The third-order valence-electron chi connectivity index (χ3n) is 6.14. The molecule has 1 aromatic heterocycles. The zero-order valence-electron chi connectivity index (χ0n) is 18.8. The second kappa shape index (κ2) is 9.81. The van der Waals surface area contributed by atoms with Gasteiger partial charge >= 0.3 is 0 Å². The van der Waals surface area contributed by atoms with Crippen molar-refractivity contribution in [3.63, 3.8) is 0 Å². The third kappa shape index (κ3) is 5.25. The van der Waals surface area contributed by atoms with Crippen LogP contribution in [0.15, 0.2) is 60.8 Å². The molecule has 1 fully saturated rings. The highest BCUT2D eigenvalue weighted by Gasteiger charge is 2.27. The van der Waals surface area contributed by atoms with E-state index in [9.17, 15) is 9.59 Å². The van der Waals surface area contributed by atoms with E-state index in [1.54, 1.807) is 4.68 Å². The number of aryl methyl sites for hydroxylation is 2. The van der Waals surface area contributed by atoms with Gasteiger partial charge in [0.1, 0.15) is 0 Å². The Hall–Kier alpha value is -3.41. The zero-order valence-corrected chi connectivity index (χ0v) is 18.8. The fourth-order valence-corrected chi connectivity index (χ4v) is 4.13. The van der Waals surface area contributed by atoms with Crippen molar-refractivity contribution in [1.82, 2.24) is 20.0 Å². The van der Waals surface area contributed by atoms with Crippen molar-refractivity contribution < 1.29 is 9.59 Å². The normalized spacial score (nSPS) is 14.4. The second-order valence-corrected chi connectivity index (χ2v) is 8.61. The molecular formula is C26H30N4O2. The monoisotopic (exact) mass is 430 g/mol. The third-order valence-corrected chi connectivity index (χ3v) is 6.14. The van der Waals surface area contributed by atoms with Crippen molar-refractivity contribution in [3.05, 3.63) is 83.2 Å². The Morgan fingerprint density at radius 2 is 1.69 bits per heavy atom. The summed E-state index contributed by atoms with van der Waals surface area (Å²) in [6, 6.07) is 18.0. The van der Waals surface area contributed by atoms with Crippen LogP contribution < -0.4 is 5.32 Å². The van der Waals surface area contributed by atoms with Crippen LogP contribution in [0.1, 0.15) is 46.4 Å². The first-order valence-electron chi connectivity index (χ1n) is 11.2. The van der Waals surface area contributed by atoms with E-state index >= 15 is 0 Å². The molecule has 3 aromatic rings. The zero-order chi connectivity index (χ0) is 22.5. The molecule has 166 valence electrons. The van der Waals surface area contributed by atoms with Crippen molar-refractivity contribution in [3.8, 4) is 5.69 Å². The van der Waals surface area contributed by atoms with E-state index in [0.717, 1.165) is 29.8 Å². The Bertz CT molecular complexity index is 1060. The van der Waals surface area contributed by atoms with Gasteiger partial charge in [-0.25, -0.2) is 4.68 Å². The van der Waals surface area contributed by atoms with Gasteiger partial charge in [-0.1, -0.05) is 48.0 Å². The van der Waals surface area contributed by atoms with Crippen molar-refractivity contribution >= 4 is 11.8 Å². The summed E-state index contributed by atoms with van der Waals surface area (Å²) in [7, 11) is 0. The Morgan fingerprint density at radius 3 is 2.38 bits per heavy atom. The lowest BCUT2D eigenvalue weighted by molar-refractivity contribution is -0.122. The van der Waals surface area contributed by atoms with Crippen LogP contribution in [0.25, 0.3) is 5.69 Å². The SMILES string of the molecule is Cc1ccc(CNC(=O)CC2CCN(C(=O)c3cn(-c4ccccc4)nc3C)CC2)cc1. The molecule has 0 saturated carbocycles. The van der Waals surface area contributed by atoms with E-state index in [-0.39, 0.29) is 11.8 Å². The summed E-state index contributed by atoms with van der Waals surface area (Å²) in [6.45, 7) is 5.82. The summed E-state index contributed by atoms with van der Waals surface area (Å²) in [5.74, 6) is 0.410. The summed E-state index contributed by atoms with van der Waals surface area (Å²) in [5, 5.41) is 7.54. The van der Waals surface area contributed by atoms with Gasteiger partial charge in [0.15, 0.2) is 0 Å². The minimum atomic E-state index is 0.0203. The average Bonchev–Trinajstić information content (AvgIpc) is 3.21. The van der Waals surface area contributed by atoms with E-state index < -0.39 is 0 Å². The van der Waals surface area contributed by atoms with Crippen LogP contribution in [0.2, 0.25) is 0 Å². The van der Waals surface area contributed by atoms with E-state index in [1.165, 1.54) is 5.56 Å². The minimum Gasteiger partial charge on any atom is -0.352 e. The molecule has 6 heteroatoms. The maximum Gasteiger partial charge on any atom is 0.257 e. The number of aromatic nitrogens is 2. The van der Waals surface area contributed by atoms with Crippen LogP contribution in [0, 0.1) is 19.8 Å². The Labute approximate surface area is 189 Å². The first-order chi connectivity index (χ1) is 15.5. The highest BCUT2D eigenvalue weighted by atomic mass is 16.2. The van der Waals surface area contributed by atoms with Crippen LogP contribution in [0.4, 0.5) is 0 Å². The molecule has 32 heavy (non-hydrogen) atoms. The quantitative estimate of drug-likeness (QED) is 0.642. The highest BCUT2D eigenvalue weighted by molar-refractivity contribution is 5.95. The number of amides is 2. The van der Waals surface area contributed by atoms with Gasteiger partial charge in [-0.3, -0.25) is 9.59 Å². The highest BCUT2D eigenvalue weighted by Crippen LogP contribution is 2.23. The van der Waals surface area contributed by atoms with Crippen molar-refractivity contribution in [2.75, 3.05) is 13.1 Å². The molecule has 2 amide bonds. The number of likely N-dealkylation sites (tertiary alicyclic amines) is 1. The molecule has 0 atom stereocenters. The van der Waals surface area contributed by atoms with Gasteiger partial charge in [0, 0.05) is 32.3 Å². The number of carbonyl (C=O) groups excluding carboxylic acids is 2. The molecule has 1 saturated heterocycles. The Kier molecular flexibility index (Phi) is 6.69. The number of para-hydroxylation sites is 1. The average molecular weight is 431 g/mol. The van der Waals surface area contributed by atoms with Crippen LogP contribution in [-0.2, 0) is 11.3 Å². The lowest BCUT2D eigenvalue weighted by Crippen LogP contribution is -2.39. The van der Waals surface area contributed by atoms with Gasteiger partial charge in [0.25, 0.3) is 5.91 Å². The molecule has 0 spiro atoms. The fourth-order valence-electron chi connectivity index (χ4n) is 4.13. The number of benzene rings is 2. The van der Waals surface area contributed by atoms with Gasteiger partial charge in [-0.15, -0.1) is 0 Å². The smallest absolute Gasteiger partial charge is 0.257 e. The maximum absolute atomic E-state index is 13.1. The van der Waals surface area contributed by atoms with Gasteiger partial charge in [-0.05, 0) is 50.3 Å². The van der Waals surface area contributed by atoms with Crippen molar-refractivity contribution in [2.45, 2.75) is 39.7 Å². The number of piperidine rings is 1. The predicted octanol–water partition coefficient (Wildman–Crippen LogP) is 4.05. The second-order valence-electron chi connectivity index (χ2n) is 8.61.